The van der Waals surface area contributed by atoms with Crippen molar-refractivity contribution in [3.8, 4) is 0 Å². The number of rotatable bonds is 7. The highest BCUT2D eigenvalue weighted by Crippen LogP contribution is 2.28. The molecule has 1 aromatic heterocycles. The van der Waals surface area contributed by atoms with E-state index in [4.69, 9.17) is 5.11 Å². The monoisotopic (exact) mass is 279 g/mol. The van der Waals surface area contributed by atoms with Crippen molar-refractivity contribution in [2.24, 2.45) is 13.0 Å². The Kier molecular flexibility index (Phi) is 4.42. The van der Waals surface area contributed by atoms with Crippen LogP contribution in [0.5, 0.6) is 0 Å². The number of nitrogens with zero attached hydrogens (tertiary/aromatic N) is 3. The van der Waals surface area contributed by atoms with Gasteiger partial charge in [0.25, 0.3) is 0 Å². The third-order valence-electron chi connectivity index (χ3n) is 3.72. The van der Waals surface area contributed by atoms with Gasteiger partial charge in [0.05, 0.1) is 5.92 Å². The zero-order valence-corrected chi connectivity index (χ0v) is 12.0. The number of carboxylic acid groups (broad SMARTS) is 1. The molecule has 1 atom stereocenters. The van der Waals surface area contributed by atoms with E-state index < -0.39 is 11.9 Å². The highest BCUT2D eigenvalue weighted by atomic mass is 16.4. The third-order valence-corrected chi connectivity index (χ3v) is 3.72. The predicted molar refractivity (Wildman–Crippen MR) is 73.1 cm³/mol. The Labute approximate surface area is 118 Å². The van der Waals surface area contributed by atoms with Crippen LogP contribution in [0.3, 0.4) is 0 Å². The van der Waals surface area contributed by atoms with Gasteiger partial charge >= 0.3 is 5.97 Å². The fourth-order valence-electron chi connectivity index (χ4n) is 2.24. The maximum absolute atomic E-state index is 12.3. The van der Waals surface area contributed by atoms with Crippen molar-refractivity contribution in [3.05, 3.63) is 18.0 Å². The minimum atomic E-state index is -0.852. The molecular formula is C14H21N3O3. The summed E-state index contributed by atoms with van der Waals surface area (Å²) in [5.41, 5.74) is 1.01. The van der Waals surface area contributed by atoms with E-state index in [2.05, 4.69) is 5.10 Å². The molecule has 0 saturated heterocycles. The van der Waals surface area contributed by atoms with Crippen LogP contribution in [0.2, 0.25) is 0 Å². The Hall–Kier alpha value is -1.85. The van der Waals surface area contributed by atoms with E-state index in [0.717, 1.165) is 18.5 Å². The summed E-state index contributed by atoms with van der Waals surface area (Å²) >= 11 is 0. The van der Waals surface area contributed by atoms with Gasteiger partial charge in [-0.25, -0.2) is 0 Å². The molecule has 1 aliphatic carbocycles. The topological polar surface area (TPSA) is 75.4 Å². The van der Waals surface area contributed by atoms with E-state index in [1.165, 1.54) is 0 Å². The summed E-state index contributed by atoms with van der Waals surface area (Å²) in [7, 11) is 1.85. The fourth-order valence-corrected chi connectivity index (χ4v) is 2.24. The fraction of sp³-hybridized carbons (Fsp3) is 0.643. The summed E-state index contributed by atoms with van der Waals surface area (Å²) in [6.07, 6.45) is 4.74. The van der Waals surface area contributed by atoms with Crippen molar-refractivity contribution in [2.45, 2.75) is 38.6 Å². The molecule has 6 heteroatoms. The van der Waals surface area contributed by atoms with Crippen LogP contribution in [0, 0.1) is 5.92 Å². The number of carbonyl (C=O) groups is 2. The minimum absolute atomic E-state index is 0.0433. The predicted octanol–water partition coefficient (Wildman–Crippen LogP) is 1.06. The Morgan fingerprint density at radius 1 is 1.55 bits per heavy atom. The summed E-state index contributed by atoms with van der Waals surface area (Å²) < 4.78 is 1.76. The maximum atomic E-state index is 12.3. The number of carboxylic acids is 1. The molecule has 1 aliphatic rings. The maximum Gasteiger partial charge on any atom is 0.308 e. The summed E-state index contributed by atoms with van der Waals surface area (Å²) in [4.78, 5) is 25.0. The summed E-state index contributed by atoms with van der Waals surface area (Å²) in [5.74, 6) is -1.33. The van der Waals surface area contributed by atoms with Crippen LogP contribution in [0.4, 0.5) is 0 Å². The number of aliphatic carboxylic acids is 1. The average Bonchev–Trinajstić information content (AvgIpc) is 3.16. The van der Waals surface area contributed by atoms with Crippen LogP contribution < -0.4 is 0 Å². The number of amides is 1. The van der Waals surface area contributed by atoms with E-state index in [1.54, 1.807) is 22.7 Å². The highest BCUT2D eigenvalue weighted by molar-refractivity contribution is 5.78. The van der Waals surface area contributed by atoms with E-state index in [9.17, 15) is 9.59 Å². The van der Waals surface area contributed by atoms with Crippen LogP contribution in [0.25, 0.3) is 0 Å². The molecule has 0 spiro atoms. The van der Waals surface area contributed by atoms with Crippen molar-refractivity contribution < 1.29 is 14.7 Å². The first kappa shape index (κ1) is 14.6. The second-order valence-electron chi connectivity index (χ2n) is 5.46. The number of aryl methyl sites for hydroxylation is 2. The Morgan fingerprint density at radius 3 is 2.75 bits per heavy atom. The van der Waals surface area contributed by atoms with Gasteiger partial charge in [-0.15, -0.1) is 0 Å². The normalized spacial score (nSPS) is 15.9. The van der Waals surface area contributed by atoms with Gasteiger partial charge in [0.15, 0.2) is 0 Å². The highest BCUT2D eigenvalue weighted by Gasteiger charge is 2.34. The van der Waals surface area contributed by atoms with E-state index in [0.29, 0.717) is 19.4 Å². The summed E-state index contributed by atoms with van der Waals surface area (Å²) in [6.45, 7) is 1.95. The number of hydrogen-bond donors (Lipinski definition) is 1. The van der Waals surface area contributed by atoms with Crippen LogP contribution >= 0.6 is 0 Å². The molecule has 1 fully saturated rings. The first-order chi connectivity index (χ1) is 9.49. The summed E-state index contributed by atoms with van der Waals surface area (Å²) in [6, 6.07) is 2.14. The van der Waals surface area contributed by atoms with Crippen molar-refractivity contribution >= 4 is 11.9 Å². The standard InChI is InChI=1S/C14H21N3O3/c1-10(14(19)20)9-17(12-3-4-12)13(18)6-5-11-7-8-15-16(11)2/h7-8,10,12H,3-6,9H2,1-2H3,(H,19,20). The van der Waals surface area contributed by atoms with Crippen LogP contribution in [-0.2, 0) is 23.1 Å². The van der Waals surface area contributed by atoms with E-state index >= 15 is 0 Å². The molecule has 1 aromatic rings. The first-order valence-corrected chi connectivity index (χ1v) is 6.98. The molecule has 0 aliphatic heterocycles. The van der Waals surface area contributed by atoms with Gasteiger partial charge in [0.1, 0.15) is 0 Å². The Balaban J connectivity index is 1.90. The first-order valence-electron chi connectivity index (χ1n) is 6.98. The van der Waals surface area contributed by atoms with Gasteiger partial charge < -0.3 is 10.0 Å². The lowest BCUT2D eigenvalue weighted by molar-refractivity contribution is -0.143. The van der Waals surface area contributed by atoms with Crippen LogP contribution in [-0.4, -0.2) is 44.3 Å². The van der Waals surface area contributed by atoms with Crippen LogP contribution in [0.15, 0.2) is 12.3 Å². The molecule has 1 N–H and O–H groups in total. The van der Waals surface area contributed by atoms with Gasteiger partial charge in [0.2, 0.25) is 5.91 Å². The number of hydrogen-bond acceptors (Lipinski definition) is 3. The third kappa shape index (κ3) is 3.59. The van der Waals surface area contributed by atoms with Gasteiger partial charge in [-0.1, -0.05) is 6.92 Å². The molecule has 20 heavy (non-hydrogen) atoms. The quantitative estimate of drug-likeness (QED) is 0.810. The molecule has 1 unspecified atom stereocenters. The smallest absolute Gasteiger partial charge is 0.308 e. The Morgan fingerprint density at radius 2 is 2.25 bits per heavy atom. The minimum Gasteiger partial charge on any atom is -0.481 e. The van der Waals surface area contributed by atoms with Crippen molar-refractivity contribution in [3.63, 3.8) is 0 Å². The lowest BCUT2D eigenvalue weighted by Gasteiger charge is -2.24. The zero-order chi connectivity index (χ0) is 14.7. The average molecular weight is 279 g/mol. The van der Waals surface area contributed by atoms with Gasteiger partial charge in [-0.2, -0.15) is 5.10 Å². The van der Waals surface area contributed by atoms with Crippen molar-refractivity contribution in [1.82, 2.24) is 14.7 Å². The lowest BCUT2D eigenvalue weighted by Crippen LogP contribution is -2.38. The molecule has 1 amide bonds. The molecule has 0 radical (unpaired) electrons. The molecule has 1 heterocycles. The van der Waals surface area contributed by atoms with E-state index in [-0.39, 0.29) is 11.9 Å². The lowest BCUT2D eigenvalue weighted by atomic mass is 10.1. The molecule has 110 valence electrons. The second-order valence-corrected chi connectivity index (χ2v) is 5.46. The molecule has 0 bridgehead atoms. The van der Waals surface area contributed by atoms with Crippen molar-refractivity contribution in [1.29, 1.82) is 0 Å². The van der Waals surface area contributed by atoms with Crippen LogP contribution in [0.1, 0.15) is 31.9 Å². The molecular weight excluding hydrogens is 258 g/mol. The number of carbonyl (C=O) groups excluding carboxylic acids is 1. The number of aromatic nitrogens is 2. The largest absolute Gasteiger partial charge is 0.481 e. The SMILES string of the molecule is CC(CN(C(=O)CCc1ccnn1C)C1CC1)C(=O)O. The second kappa shape index (κ2) is 6.07. The van der Waals surface area contributed by atoms with Gasteiger partial charge in [-0.05, 0) is 25.3 Å². The van der Waals surface area contributed by atoms with Crippen molar-refractivity contribution in [2.75, 3.05) is 6.54 Å². The Bertz CT molecular complexity index is 494. The van der Waals surface area contributed by atoms with Gasteiger partial charge in [0, 0.05) is 37.9 Å². The summed E-state index contributed by atoms with van der Waals surface area (Å²) in [5, 5.41) is 13.1. The molecule has 6 nitrogen and oxygen atoms in total. The molecule has 2 rings (SSSR count). The molecule has 1 saturated carbocycles. The van der Waals surface area contributed by atoms with Gasteiger partial charge in [-0.3, -0.25) is 14.3 Å². The molecule has 0 aromatic carbocycles. The van der Waals surface area contributed by atoms with E-state index in [1.807, 2.05) is 13.1 Å². The zero-order valence-electron chi connectivity index (χ0n) is 12.0.